The van der Waals surface area contributed by atoms with Gasteiger partial charge in [0.1, 0.15) is 0 Å². The molecule has 0 N–H and O–H groups in total. The molecule has 0 saturated heterocycles. The number of hydrogen-bond donors (Lipinski definition) is 0. The van der Waals surface area contributed by atoms with Crippen LogP contribution in [0.5, 0.6) is 0 Å². The molecule has 8 saturated carbocycles. The number of fused-ring (bicyclic) bond motifs is 4. The van der Waals surface area contributed by atoms with Crippen LogP contribution < -0.4 is 0 Å². The van der Waals surface area contributed by atoms with Crippen LogP contribution in [0.2, 0.25) is 12.6 Å². The van der Waals surface area contributed by atoms with Gasteiger partial charge < -0.3 is 0 Å². The van der Waals surface area contributed by atoms with Crippen LogP contribution in [-0.4, -0.2) is 15.7 Å². The molecule has 2 radical (unpaired) electrons. The summed E-state index contributed by atoms with van der Waals surface area (Å²) >= 11 is -0.826. The predicted octanol–water partition coefficient (Wildman–Crippen LogP) is 19.8. The quantitative estimate of drug-likeness (QED) is 0.105. The van der Waals surface area contributed by atoms with Gasteiger partial charge in [-0.2, -0.15) is 25.3 Å². The molecule has 8 fully saturated rings. The van der Waals surface area contributed by atoms with E-state index in [0.717, 1.165) is 35.5 Å². The summed E-state index contributed by atoms with van der Waals surface area (Å²) in [5, 5.41) is 11.1. The summed E-state index contributed by atoms with van der Waals surface area (Å²) in [6.45, 7) is 1.77. The predicted molar refractivity (Wildman–Crippen MR) is 292 cm³/mol. The fraction of sp³-hybridized carbons (Fsp3) is 0.406. The Bertz CT molecular complexity index is 2840. The second kappa shape index (κ2) is 21.0. The van der Waals surface area contributed by atoms with E-state index < -0.39 is 33.4 Å². The molecule has 8 aliphatic rings. The molecule has 0 aliphatic heterocycles. The first-order valence-electron chi connectivity index (χ1n) is 26.5. The number of benzene rings is 6. The number of hydrogen-bond acceptors (Lipinski definition) is 0. The van der Waals surface area contributed by atoms with Crippen molar-refractivity contribution in [2.24, 2.45) is 46.3 Å². The number of halogens is 5. The van der Waals surface area contributed by atoms with Crippen LogP contribution >= 0.6 is 17.0 Å². The minimum absolute atomic E-state index is 0.281. The Morgan fingerprint density at radius 1 is 0.493 bits per heavy atom. The summed E-state index contributed by atoms with van der Waals surface area (Å²) in [6, 6.07) is 55.1. The molecular formula is C64H65Cl2F3SiZr. The van der Waals surface area contributed by atoms with Gasteiger partial charge in [0.05, 0.1) is 0 Å². The average molecular weight is 1080 g/mol. The van der Waals surface area contributed by atoms with Gasteiger partial charge in [-0.25, -0.2) is 0 Å². The zero-order chi connectivity index (χ0) is 48.7. The van der Waals surface area contributed by atoms with Crippen molar-refractivity contribution in [1.29, 1.82) is 0 Å². The maximum Gasteiger partial charge on any atom is -0.0114 e. The minimum Gasteiger partial charge on any atom is -0.164 e. The molecule has 0 heterocycles. The SMILES string of the molecule is C[Si]CCC(F)(F)F.[Cl][Zr+2][Cl].c1ccc2c(-c3cccc4[cH-]c(CC56CC7CC(CC(C7)C5)C6)cc34)cccc2c1.c1ccc2c(-c3cccc4[cH-]c(CC56CC7CC(CC(C7)C5)C6)cc34)cccc2c1. The van der Waals surface area contributed by atoms with E-state index in [1.54, 1.807) is 17.7 Å². The van der Waals surface area contributed by atoms with Gasteiger partial charge in [0.15, 0.2) is 0 Å². The molecular weight excluding hydrogens is 1020 g/mol. The maximum atomic E-state index is 11.2. The smallest absolute Gasteiger partial charge is 0.0114 e. The molecule has 0 aromatic heterocycles. The van der Waals surface area contributed by atoms with Crippen molar-refractivity contribution in [2.45, 2.75) is 115 Å². The summed E-state index contributed by atoms with van der Waals surface area (Å²) in [5.41, 5.74) is 9.90. The average Bonchev–Trinajstić information content (AvgIpc) is 3.95. The second-order valence-corrected chi connectivity index (χ2v) is 28.1. The van der Waals surface area contributed by atoms with E-state index in [9.17, 15) is 13.2 Å². The molecule has 0 spiro atoms. The number of alkyl halides is 3. The van der Waals surface area contributed by atoms with Crippen LogP contribution in [0.1, 0.15) is 94.6 Å². The summed E-state index contributed by atoms with van der Waals surface area (Å²) in [4.78, 5) is 0. The van der Waals surface area contributed by atoms with Gasteiger partial charge >= 0.3 is 44.1 Å². The summed E-state index contributed by atoms with van der Waals surface area (Å²) in [5.74, 6) is 6.20. The molecule has 7 heteroatoms. The second-order valence-electron chi connectivity index (χ2n) is 23.1. The van der Waals surface area contributed by atoms with E-state index in [4.69, 9.17) is 17.0 Å². The van der Waals surface area contributed by atoms with Crippen molar-refractivity contribution >= 4 is 69.6 Å². The van der Waals surface area contributed by atoms with Crippen LogP contribution in [0, 0.1) is 46.3 Å². The third-order valence-corrected chi connectivity index (χ3v) is 18.7. The molecule has 0 unspecified atom stereocenters. The Hall–Kier alpha value is -3.47. The number of rotatable bonds is 8. The van der Waals surface area contributed by atoms with Crippen molar-refractivity contribution in [3.8, 4) is 22.3 Å². The van der Waals surface area contributed by atoms with E-state index in [-0.39, 0.29) is 6.04 Å². The molecule has 0 amide bonds. The summed E-state index contributed by atoms with van der Waals surface area (Å²) < 4.78 is 33.7. The van der Waals surface area contributed by atoms with Crippen molar-refractivity contribution in [3.05, 3.63) is 157 Å². The molecule has 0 nitrogen and oxygen atoms in total. The van der Waals surface area contributed by atoms with Gasteiger partial charge in [-0.05, 0) is 169 Å². The monoisotopic (exact) mass is 1080 g/mol. The Balaban J connectivity index is 0.000000128. The first-order chi connectivity index (χ1) is 34.5. The van der Waals surface area contributed by atoms with Crippen LogP contribution in [0.25, 0.3) is 65.3 Å². The van der Waals surface area contributed by atoms with Gasteiger partial charge in [-0.1, -0.05) is 121 Å². The van der Waals surface area contributed by atoms with E-state index >= 15 is 0 Å². The molecule has 8 aromatic carbocycles. The van der Waals surface area contributed by atoms with Gasteiger partial charge in [0, 0.05) is 15.9 Å². The minimum atomic E-state index is -3.94. The Morgan fingerprint density at radius 3 is 1.15 bits per heavy atom. The standard InChI is InChI=1S/2C30H29.C4H7F3Si.2ClH.Zr/c2*1-2-8-26-24(5-1)6-3-9-27(26)28-10-4-7-25-14-23(15-29(25)28)19-30-16-20-11-21(17-30)13-22(12-20)18-30;1-8-3-2-4(5,6)7;;;/h2*1-10,14-15,20-22H,11-13,16-19H2;2-3H2,1H3;2*1H;/q2*-1;;;;+4/p-2. The first kappa shape index (κ1) is 49.7. The zero-order valence-electron chi connectivity index (χ0n) is 41.0. The normalized spacial score (nSPS) is 26.7. The van der Waals surface area contributed by atoms with Crippen LogP contribution in [0.4, 0.5) is 13.2 Å². The van der Waals surface area contributed by atoms with Gasteiger partial charge in [0.25, 0.3) is 0 Å². The van der Waals surface area contributed by atoms with E-state index in [0.29, 0.717) is 20.3 Å². The molecule has 8 aromatic rings. The van der Waals surface area contributed by atoms with Gasteiger partial charge in [-0.15, -0.1) is 69.1 Å². The van der Waals surface area contributed by atoms with Crippen molar-refractivity contribution < 1.29 is 34.0 Å². The van der Waals surface area contributed by atoms with Gasteiger partial charge in [0.2, 0.25) is 0 Å². The third-order valence-electron chi connectivity index (χ3n) is 17.9. The van der Waals surface area contributed by atoms with Crippen molar-refractivity contribution in [2.75, 3.05) is 0 Å². The van der Waals surface area contributed by atoms with Gasteiger partial charge in [-0.3, -0.25) is 0 Å². The molecule has 0 atom stereocenters. The van der Waals surface area contributed by atoms with Crippen LogP contribution in [-0.2, 0) is 33.7 Å². The van der Waals surface area contributed by atoms with Crippen LogP contribution in [0.15, 0.2) is 146 Å². The van der Waals surface area contributed by atoms with E-state index in [2.05, 4.69) is 146 Å². The maximum absolute atomic E-state index is 11.2. The Morgan fingerprint density at radius 2 is 0.817 bits per heavy atom. The van der Waals surface area contributed by atoms with E-state index in [1.807, 2.05) is 0 Å². The topological polar surface area (TPSA) is 0 Å². The third kappa shape index (κ3) is 10.9. The molecule has 16 rings (SSSR count). The fourth-order valence-corrected chi connectivity index (χ4v) is 16.9. The summed E-state index contributed by atoms with van der Waals surface area (Å²) in [7, 11) is 10.3. The van der Waals surface area contributed by atoms with Crippen molar-refractivity contribution in [1.82, 2.24) is 0 Å². The molecule has 8 bridgehead atoms. The first-order valence-corrected chi connectivity index (χ1v) is 34.5. The fourth-order valence-electron chi connectivity index (χ4n) is 16.3. The summed E-state index contributed by atoms with van der Waals surface area (Å²) in [6.07, 6.45) is 16.2. The molecule has 71 heavy (non-hydrogen) atoms. The molecule has 8 aliphatic carbocycles. The van der Waals surface area contributed by atoms with Crippen LogP contribution in [0.3, 0.4) is 0 Å². The van der Waals surface area contributed by atoms with Crippen molar-refractivity contribution in [3.63, 3.8) is 0 Å². The molecule has 364 valence electrons. The Labute approximate surface area is 440 Å². The largest absolute Gasteiger partial charge is 0.164 e. The van der Waals surface area contributed by atoms with E-state index in [1.165, 1.54) is 155 Å². The zero-order valence-corrected chi connectivity index (χ0v) is 46.0. The Kier molecular flexibility index (Phi) is 14.7.